The summed E-state index contributed by atoms with van der Waals surface area (Å²) in [6.45, 7) is 21.9. The summed E-state index contributed by atoms with van der Waals surface area (Å²) in [5.41, 5.74) is 0.517. The average molecular weight is 307 g/mol. The Balaban J connectivity index is 4.78. The zero-order valence-electron chi connectivity index (χ0n) is 11.7. The molecule has 0 bridgehead atoms. The van der Waals surface area contributed by atoms with Gasteiger partial charge in [-0.05, 0) is 0 Å². The summed E-state index contributed by atoms with van der Waals surface area (Å²) in [6.07, 6.45) is 0. The van der Waals surface area contributed by atoms with E-state index in [-0.39, 0.29) is 0 Å². The minimum absolute atomic E-state index is 0.517. The van der Waals surface area contributed by atoms with Gasteiger partial charge in [0, 0.05) is 0 Å². The van der Waals surface area contributed by atoms with Gasteiger partial charge in [-0.1, -0.05) is 0 Å². The standard InChI is InChI=1S/C5H11.2C4H9.Sb/c1-5(2,3)4;2*1-4(2)3;/h1H2,2-4H3;2*1-3H3;. The molecule has 0 unspecified atom stereocenters. The molecule has 0 N–H and O–H groups in total. The molecule has 0 spiro atoms. The molecule has 0 atom stereocenters. The Morgan fingerprint density at radius 3 is 1.00 bits per heavy atom. The molecule has 0 aromatic heterocycles. The first kappa shape index (κ1) is 14.8. The number of hydrogen-bond acceptors (Lipinski definition) is 0. The third-order valence-corrected chi connectivity index (χ3v) is 15.1. The van der Waals surface area contributed by atoms with Crippen LogP contribution in [0.1, 0.15) is 62.3 Å². The third-order valence-electron chi connectivity index (χ3n) is 2.25. The Morgan fingerprint density at radius 1 is 0.643 bits per heavy atom. The predicted octanol–water partition coefficient (Wildman–Crippen LogP) is 5.13. The van der Waals surface area contributed by atoms with Gasteiger partial charge in [-0.15, -0.1) is 0 Å². The Bertz CT molecular complexity index is 159. The molecule has 0 aromatic carbocycles. The van der Waals surface area contributed by atoms with Crippen LogP contribution >= 0.6 is 0 Å². The molecule has 0 aliphatic rings. The molecule has 86 valence electrons. The van der Waals surface area contributed by atoms with Crippen molar-refractivity contribution in [2.24, 2.45) is 5.41 Å². The fraction of sp³-hybridized carbons (Fsp3) is 1.00. The Kier molecular flexibility index (Phi) is 4.62. The van der Waals surface area contributed by atoms with Crippen molar-refractivity contribution in [3.63, 3.8) is 0 Å². The van der Waals surface area contributed by atoms with Crippen LogP contribution in [0.3, 0.4) is 0 Å². The normalized spacial score (nSPS) is 15.0. The summed E-state index contributed by atoms with van der Waals surface area (Å²) in [7, 11) is 0. The van der Waals surface area contributed by atoms with Crippen molar-refractivity contribution in [3.8, 4) is 0 Å². The summed E-state index contributed by atoms with van der Waals surface area (Å²) < 4.78 is 2.67. The van der Waals surface area contributed by atoms with Crippen molar-refractivity contribution in [1.29, 1.82) is 0 Å². The van der Waals surface area contributed by atoms with Gasteiger partial charge in [0.25, 0.3) is 0 Å². The monoisotopic (exact) mass is 306 g/mol. The van der Waals surface area contributed by atoms with Crippen molar-refractivity contribution in [1.82, 2.24) is 0 Å². The number of rotatable bonds is 1. The van der Waals surface area contributed by atoms with Crippen molar-refractivity contribution >= 4 is 20.2 Å². The molecule has 0 amide bonds. The van der Waals surface area contributed by atoms with Gasteiger partial charge in [-0.25, -0.2) is 0 Å². The van der Waals surface area contributed by atoms with E-state index in [1.807, 2.05) is 0 Å². The third kappa shape index (κ3) is 5.64. The van der Waals surface area contributed by atoms with Crippen LogP contribution in [-0.4, -0.2) is 20.2 Å². The van der Waals surface area contributed by atoms with E-state index >= 15 is 0 Å². The molecular weight excluding hydrogens is 278 g/mol. The zero-order valence-corrected chi connectivity index (χ0v) is 14.2. The Morgan fingerprint density at radius 2 is 0.929 bits per heavy atom. The molecule has 1 heteroatoms. The SMILES string of the molecule is CC(C)(C)[CH2][Sb]([C](C)(C)C)[C](C)(C)C. The summed E-state index contributed by atoms with van der Waals surface area (Å²) in [5, 5.41) is 0. The van der Waals surface area contributed by atoms with Crippen LogP contribution in [0.25, 0.3) is 0 Å². The van der Waals surface area contributed by atoms with Crippen LogP contribution in [0.2, 0.25) is 11.1 Å². The van der Waals surface area contributed by atoms with E-state index in [9.17, 15) is 0 Å². The van der Waals surface area contributed by atoms with Gasteiger partial charge in [0.15, 0.2) is 0 Å². The molecule has 0 fully saturated rings. The molecule has 0 nitrogen and oxygen atoms in total. The fourth-order valence-corrected chi connectivity index (χ4v) is 13.1. The van der Waals surface area contributed by atoms with Crippen molar-refractivity contribution < 1.29 is 0 Å². The second kappa shape index (κ2) is 4.36. The minimum atomic E-state index is -1.22. The van der Waals surface area contributed by atoms with Crippen LogP contribution in [0.4, 0.5) is 0 Å². The fourth-order valence-electron chi connectivity index (χ4n) is 1.95. The van der Waals surface area contributed by atoms with Crippen molar-refractivity contribution in [3.05, 3.63) is 0 Å². The van der Waals surface area contributed by atoms with Crippen LogP contribution in [-0.2, 0) is 0 Å². The van der Waals surface area contributed by atoms with E-state index in [2.05, 4.69) is 62.3 Å². The second-order valence-electron chi connectivity index (χ2n) is 7.49. The molecule has 14 heavy (non-hydrogen) atoms. The molecule has 0 aliphatic heterocycles. The summed E-state index contributed by atoms with van der Waals surface area (Å²) in [6, 6.07) is 0. The van der Waals surface area contributed by atoms with Gasteiger partial charge in [-0.2, -0.15) is 0 Å². The Hall–Kier alpha value is 0.818. The van der Waals surface area contributed by atoms with E-state index in [0.717, 1.165) is 0 Å². The van der Waals surface area contributed by atoms with Crippen molar-refractivity contribution in [2.45, 2.75) is 73.4 Å². The maximum atomic E-state index is 2.45. The molecule has 0 aliphatic carbocycles. The van der Waals surface area contributed by atoms with Crippen LogP contribution in [0, 0.1) is 5.41 Å². The van der Waals surface area contributed by atoms with Gasteiger partial charge in [0.2, 0.25) is 0 Å². The summed E-state index contributed by atoms with van der Waals surface area (Å²) in [5.74, 6) is 0. The van der Waals surface area contributed by atoms with Gasteiger partial charge >= 0.3 is 99.0 Å². The van der Waals surface area contributed by atoms with Crippen LogP contribution in [0.5, 0.6) is 0 Å². The predicted molar refractivity (Wildman–Crippen MR) is 69.4 cm³/mol. The van der Waals surface area contributed by atoms with Gasteiger partial charge < -0.3 is 0 Å². The Labute approximate surface area is 98.8 Å². The van der Waals surface area contributed by atoms with E-state index in [4.69, 9.17) is 0 Å². The van der Waals surface area contributed by atoms with E-state index in [1.54, 1.807) is 0 Å². The van der Waals surface area contributed by atoms with E-state index < -0.39 is 20.2 Å². The number of hydrogen-bond donors (Lipinski definition) is 0. The van der Waals surface area contributed by atoms with Crippen LogP contribution < -0.4 is 0 Å². The maximum absolute atomic E-state index is 2.45. The van der Waals surface area contributed by atoms with Gasteiger partial charge in [0.1, 0.15) is 0 Å². The quantitative estimate of drug-likeness (QED) is 0.589. The van der Waals surface area contributed by atoms with Gasteiger partial charge in [-0.3, -0.25) is 0 Å². The topological polar surface area (TPSA) is 0 Å². The second-order valence-corrected chi connectivity index (χ2v) is 18.5. The van der Waals surface area contributed by atoms with Crippen molar-refractivity contribution in [2.75, 3.05) is 0 Å². The molecular formula is C13H29Sb. The first-order chi connectivity index (χ1) is 5.84. The molecule has 0 rings (SSSR count). The summed E-state index contributed by atoms with van der Waals surface area (Å²) in [4.78, 5) is 0. The zero-order chi connectivity index (χ0) is 11.8. The molecule has 0 aromatic rings. The molecule has 0 radical (unpaired) electrons. The first-order valence-corrected chi connectivity index (χ1v) is 9.97. The molecule has 0 saturated heterocycles. The van der Waals surface area contributed by atoms with E-state index in [0.29, 0.717) is 12.1 Å². The summed E-state index contributed by atoms with van der Waals surface area (Å²) >= 11 is -1.22. The first-order valence-electron chi connectivity index (χ1n) is 5.62. The molecule has 0 saturated carbocycles. The molecule has 0 heterocycles. The van der Waals surface area contributed by atoms with Gasteiger partial charge in [0.05, 0.1) is 0 Å². The average Bonchev–Trinajstić information content (AvgIpc) is 1.75. The van der Waals surface area contributed by atoms with Crippen LogP contribution in [0.15, 0.2) is 0 Å². The van der Waals surface area contributed by atoms with E-state index in [1.165, 1.54) is 4.37 Å².